The van der Waals surface area contributed by atoms with E-state index in [1.807, 2.05) is 43.1 Å². The number of aryl methyl sites for hydroxylation is 1. The number of aromatic nitrogens is 3. The van der Waals surface area contributed by atoms with Crippen LogP contribution in [0.15, 0.2) is 35.6 Å². The van der Waals surface area contributed by atoms with E-state index in [2.05, 4.69) is 30.6 Å². The third-order valence-corrected chi connectivity index (χ3v) is 5.01. The van der Waals surface area contributed by atoms with Gasteiger partial charge in [-0.25, -0.2) is 9.98 Å². The van der Waals surface area contributed by atoms with Crippen LogP contribution >= 0.6 is 11.6 Å². The second-order valence-electron chi connectivity index (χ2n) is 6.69. The second-order valence-corrected chi connectivity index (χ2v) is 7.13. The van der Waals surface area contributed by atoms with E-state index in [9.17, 15) is 4.79 Å². The van der Waals surface area contributed by atoms with Crippen molar-refractivity contribution in [3.8, 4) is 0 Å². The largest absolute Gasteiger partial charge is 0.368 e. The van der Waals surface area contributed by atoms with E-state index in [0.29, 0.717) is 32.1 Å². The van der Waals surface area contributed by atoms with Crippen LogP contribution in [0.4, 0.5) is 5.69 Å². The molecule has 1 aliphatic rings. The SMILES string of the molecule is CCNC(=NCc1ncnn1C)NCC(=O)N1CCN(c2ccc(Cl)cc2)CC1. The molecule has 3 rings (SSSR count). The lowest BCUT2D eigenvalue weighted by molar-refractivity contribution is -0.130. The standard InChI is InChI=1S/C19H27ClN8O/c1-3-21-19(22-12-17-24-14-25-26(17)2)23-13-18(29)28-10-8-27(9-11-28)16-6-4-15(20)5-7-16/h4-7,14H,3,8-13H2,1-2H3,(H2,21,22,23). The molecule has 1 aromatic carbocycles. The topological polar surface area (TPSA) is 90.7 Å². The first-order valence-electron chi connectivity index (χ1n) is 9.70. The lowest BCUT2D eigenvalue weighted by Crippen LogP contribution is -2.52. The van der Waals surface area contributed by atoms with Gasteiger partial charge in [0.1, 0.15) is 18.7 Å². The van der Waals surface area contributed by atoms with Gasteiger partial charge >= 0.3 is 0 Å². The number of carbonyl (C=O) groups is 1. The lowest BCUT2D eigenvalue weighted by Gasteiger charge is -2.36. The lowest BCUT2D eigenvalue weighted by atomic mass is 10.2. The van der Waals surface area contributed by atoms with Gasteiger partial charge in [0.15, 0.2) is 5.96 Å². The van der Waals surface area contributed by atoms with Gasteiger partial charge < -0.3 is 20.4 Å². The molecule has 0 radical (unpaired) electrons. The average Bonchev–Trinajstić information content (AvgIpc) is 3.15. The van der Waals surface area contributed by atoms with Gasteiger partial charge in [0.25, 0.3) is 0 Å². The fourth-order valence-corrected chi connectivity index (χ4v) is 3.22. The van der Waals surface area contributed by atoms with Crippen molar-refractivity contribution in [3.63, 3.8) is 0 Å². The number of guanidine groups is 1. The number of nitrogens with zero attached hydrogens (tertiary/aromatic N) is 6. The highest BCUT2D eigenvalue weighted by Crippen LogP contribution is 2.19. The number of aliphatic imine (C=N–C) groups is 1. The van der Waals surface area contributed by atoms with Crippen LogP contribution in [0.2, 0.25) is 5.02 Å². The van der Waals surface area contributed by atoms with E-state index >= 15 is 0 Å². The van der Waals surface area contributed by atoms with Gasteiger partial charge in [0.05, 0.1) is 6.54 Å². The molecule has 1 saturated heterocycles. The Kier molecular flexibility index (Phi) is 7.29. The van der Waals surface area contributed by atoms with Crippen LogP contribution in [-0.2, 0) is 18.4 Å². The van der Waals surface area contributed by atoms with Crippen LogP contribution in [0.5, 0.6) is 0 Å². The van der Waals surface area contributed by atoms with Gasteiger partial charge in [-0.05, 0) is 31.2 Å². The molecule has 1 amide bonds. The molecule has 0 spiro atoms. The van der Waals surface area contributed by atoms with Crippen LogP contribution in [0.1, 0.15) is 12.7 Å². The van der Waals surface area contributed by atoms with E-state index in [1.54, 1.807) is 4.68 Å². The van der Waals surface area contributed by atoms with Crippen molar-refractivity contribution in [2.24, 2.45) is 12.0 Å². The summed E-state index contributed by atoms with van der Waals surface area (Å²) in [6.45, 7) is 6.26. The number of hydrogen-bond donors (Lipinski definition) is 2. The summed E-state index contributed by atoms with van der Waals surface area (Å²) in [4.78, 5) is 25.4. The number of anilines is 1. The van der Waals surface area contributed by atoms with Gasteiger partial charge in [-0.1, -0.05) is 11.6 Å². The first-order valence-corrected chi connectivity index (χ1v) is 10.1. The van der Waals surface area contributed by atoms with Crippen LogP contribution < -0.4 is 15.5 Å². The summed E-state index contributed by atoms with van der Waals surface area (Å²) in [5.41, 5.74) is 1.13. The molecule has 1 aromatic heterocycles. The molecule has 1 fully saturated rings. The summed E-state index contributed by atoms with van der Waals surface area (Å²) in [6, 6.07) is 7.80. The molecule has 1 aliphatic heterocycles. The van der Waals surface area contributed by atoms with Crippen LogP contribution in [0, 0.1) is 0 Å². The molecule has 2 heterocycles. The highest BCUT2D eigenvalue weighted by molar-refractivity contribution is 6.30. The minimum absolute atomic E-state index is 0.0602. The van der Waals surface area contributed by atoms with E-state index in [1.165, 1.54) is 6.33 Å². The maximum atomic E-state index is 12.6. The smallest absolute Gasteiger partial charge is 0.242 e. The number of piperazine rings is 1. The zero-order valence-corrected chi connectivity index (χ0v) is 17.6. The molecule has 0 atom stereocenters. The Morgan fingerprint density at radius 1 is 1.17 bits per heavy atom. The molecule has 2 aromatic rings. The Hall–Kier alpha value is -2.81. The van der Waals surface area contributed by atoms with Gasteiger partial charge in [0.2, 0.25) is 5.91 Å². The van der Waals surface area contributed by atoms with E-state index in [0.717, 1.165) is 29.6 Å². The Labute approximate surface area is 175 Å². The summed E-state index contributed by atoms with van der Waals surface area (Å²) in [5, 5.41) is 11.0. The van der Waals surface area contributed by atoms with E-state index in [-0.39, 0.29) is 12.5 Å². The molecule has 0 aliphatic carbocycles. The Morgan fingerprint density at radius 3 is 2.52 bits per heavy atom. The Balaban J connectivity index is 1.47. The highest BCUT2D eigenvalue weighted by atomic mass is 35.5. The van der Waals surface area contributed by atoms with Gasteiger partial charge in [-0.2, -0.15) is 5.10 Å². The summed E-state index contributed by atoms with van der Waals surface area (Å²) in [5.74, 6) is 1.40. The fraction of sp³-hybridized carbons (Fsp3) is 0.474. The summed E-state index contributed by atoms with van der Waals surface area (Å²) >= 11 is 5.96. The third-order valence-electron chi connectivity index (χ3n) is 4.76. The number of nitrogens with one attached hydrogen (secondary N) is 2. The average molecular weight is 419 g/mol. The molecule has 2 N–H and O–H groups in total. The minimum atomic E-state index is 0.0602. The maximum absolute atomic E-state index is 12.6. The van der Waals surface area contributed by atoms with Gasteiger partial charge in [-0.15, -0.1) is 0 Å². The highest BCUT2D eigenvalue weighted by Gasteiger charge is 2.21. The first kappa shape index (κ1) is 20.9. The van der Waals surface area contributed by atoms with Crippen LogP contribution in [0.3, 0.4) is 0 Å². The normalized spacial score (nSPS) is 14.8. The summed E-state index contributed by atoms with van der Waals surface area (Å²) < 4.78 is 1.68. The van der Waals surface area contributed by atoms with Crippen molar-refractivity contribution in [1.82, 2.24) is 30.3 Å². The van der Waals surface area contributed by atoms with Crippen molar-refractivity contribution in [3.05, 3.63) is 41.4 Å². The second kappa shape index (κ2) is 10.1. The summed E-state index contributed by atoms with van der Waals surface area (Å²) in [6.07, 6.45) is 1.50. The molecule has 29 heavy (non-hydrogen) atoms. The molecule has 9 nitrogen and oxygen atoms in total. The number of hydrogen-bond acceptors (Lipinski definition) is 5. The maximum Gasteiger partial charge on any atom is 0.242 e. The van der Waals surface area contributed by atoms with Crippen molar-refractivity contribution in [2.45, 2.75) is 13.5 Å². The Morgan fingerprint density at radius 2 is 1.90 bits per heavy atom. The first-order chi connectivity index (χ1) is 14.1. The molecule has 0 saturated carbocycles. The molecule has 10 heteroatoms. The molecule has 156 valence electrons. The van der Waals surface area contributed by atoms with Crippen molar-refractivity contribution >= 4 is 29.2 Å². The van der Waals surface area contributed by atoms with Gasteiger partial charge in [-0.3, -0.25) is 9.48 Å². The number of rotatable bonds is 6. The molecular formula is C19H27ClN8O. The number of halogens is 1. The van der Waals surface area contributed by atoms with Crippen LogP contribution in [0.25, 0.3) is 0 Å². The van der Waals surface area contributed by atoms with Crippen molar-refractivity contribution in [2.75, 3.05) is 44.2 Å². The van der Waals surface area contributed by atoms with Crippen molar-refractivity contribution in [1.29, 1.82) is 0 Å². The quantitative estimate of drug-likeness (QED) is 0.534. The van der Waals surface area contributed by atoms with Crippen molar-refractivity contribution < 1.29 is 4.79 Å². The van der Waals surface area contributed by atoms with E-state index < -0.39 is 0 Å². The Bertz CT molecular complexity index is 827. The zero-order chi connectivity index (χ0) is 20.6. The molecule has 0 unspecified atom stereocenters. The van der Waals surface area contributed by atoms with Gasteiger partial charge in [0, 0.05) is 50.5 Å². The molecular weight excluding hydrogens is 392 g/mol. The number of benzene rings is 1. The summed E-state index contributed by atoms with van der Waals surface area (Å²) in [7, 11) is 1.82. The monoisotopic (exact) mass is 418 g/mol. The predicted molar refractivity (Wildman–Crippen MR) is 114 cm³/mol. The van der Waals surface area contributed by atoms with Crippen LogP contribution in [-0.4, -0.2) is 70.8 Å². The minimum Gasteiger partial charge on any atom is -0.368 e. The number of carbonyl (C=O) groups excluding carboxylic acids is 1. The fourth-order valence-electron chi connectivity index (χ4n) is 3.09. The number of amides is 1. The zero-order valence-electron chi connectivity index (χ0n) is 16.8. The van der Waals surface area contributed by atoms with E-state index in [4.69, 9.17) is 11.6 Å². The predicted octanol–water partition coefficient (Wildman–Crippen LogP) is 0.872. The molecule has 0 bridgehead atoms. The third kappa shape index (κ3) is 5.83.